The van der Waals surface area contributed by atoms with Crippen LogP contribution in [-0.2, 0) is 7.05 Å². The maximum Gasteiger partial charge on any atom is 0.345 e. The fraction of sp³-hybridized carbons (Fsp3) is 0.429. The molecule has 2 aromatic heterocycles. The molecule has 2 aliphatic rings. The Morgan fingerprint density at radius 3 is 2.50 bits per heavy atom. The van der Waals surface area contributed by atoms with Crippen molar-refractivity contribution in [1.82, 2.24) is 29.4 Å². The van der Waals surface area contributed by atoms with Crippen molar-refractivity contribution >= 4 is 5.91 Å². The Morgan fingerprint density at radius 1 is 1.13 bits per heavy atom. The van der Waals surface area contributed by atoms with Crippen LogP contribution in [0.3, 0.4) is 0 Å². The summed E-state index contributed by atoms with van der Waals surface area (Å²) in [5, 5.41) is 11.5. The van der Waals surface area contributed by atoms with Gasteiger partial charge < -0.3 is 4.90 Å². The molecule has 1 aliphatic carbocycles. The van der Waals surface area contributed by atoms with Gasteiger partial charge in [-0.1, -0.05) is 0 Å². The number of hydrogen-bond acceptors (Lipinski definition) is 4. The predicted octanol–water partition coefficient (Wildman–Crippen LogP) is 2.47. The molecule has 1 aromatic carbocycles. The number of H-pyrrole nitrogens is 1. The first kappa shape index (κ1) is 18.8. The summed E-state index contributed by atoms with van der Waals surface area (Å²) in [6, 6.07) is 8.00. The van der Waals surface area contributed by atoms with Crippen LogP contribution in [0, 0.1) is 5.82 Å². The lowest BCUT2D eigenvalue weighted by molar-refractivity contribution is 0.0704. The van der Waals surface area contributed by atoms with Gasteiger partial charge in [-0.25, -0.2) is 13.9 Å². The number of aryl methyl sites for hydroxylation is 1. The molecular weight excluding hydrogens is 387 g/mol. The van der Waals surface area contributed by atoms with Crippen LogP contribution in [0.25, 0.3) is 11.3 Å². The van der Waals surface area contributed by atoms with Crippen LogP contribution in [0.4, 0.5) is 4.39 Å². The minimum Gasteiger partial charge on any atom is -0.337 e. The zero-order chi connectivity index (χ0) is 20.8. The molecule has 2 fully saturated rings. The van der Waals surface area contributed by atoms with E-state index in [-0.39, 0.29) is 29.4 Å². The number of amides is 1. The first-order valence-electron chi connectivity index (χ1n) is 10.3. The van der Waals surface area contributed by atoms with Crippen LogP contribution in [-0.4, -0.2) is 48.4 Å². The number of aromatic nitrogens is 5. The van der Waals surface area contributed by atoms with Gasteiger partial charge in [0.2, 0.25) is 0 Å². The van der Waals surface area contributed by atoms with E-state index in [0.29, 0.717) is 24.5 Å². The number of likely N-dealkylation sites (tertiary alicyclic amines) is 1. The third-order valence-electron chi connectivity index (χ3n) is 5.99. The van der Waals surface area contributed by atoms with Crippen LogP contribution in [0.5, 0.6) is 0 Å². The summed E-state index contributed by atoms with van der Waals surface area (Å²) < 4.78 is 16.4. The molecule has 1 saturated carbocycles. The van der Waals surface area contributed by atoms with Gasteiger partial charge in [-0.2, -0.15) is 10.2 Å². The Labute approximate surface area is 172 Å². The van der Waals surface area contributed by atoms with E-state index in [1.807, 2.05) is 4.57 Å². The molecule has 3 heterocycles. The number of rotatable bonds is 4. The summed E-state index contributed by atoms with van der Waals surface area (Å²) in [6.07, 6.45) is 3.61. The van der Waals surface area contributed by atoms with Crippen LogP contribution < -0.4 is 5.69 Å². The average Bonchev–Trinajstić information content (AvgIpc) is 3.39. The highest BCUT2D eigenvalue weighted by molar-refractivity contribution is 5.93. The Kier molecular flexibility index (Phi) is 4.52. The summed E-state index contributed by atoms with van der Waals surface area (Å²) in [5.74, 6) is 0.626. The molecule has 1 aliphatic heterocycles. The van der Waals surface area contributed by atoms with Crippen molar-refractivity contribution in [2.75, 3.05) is 13.1 Å². The van der Waals surface area contributed by atoms with Crippen molar-refractivity contribution in [2.45, 2.75) is 37.6 Å². The van der Waals surface area contributed by atoms with E-state index in [9.17, 15) is 14.0 Å². The van der Waals surface area contributed by atoms with Crippen molar-refractivity contribution < 1.29 is 9.18 Å². The van der Waals surface area contributed by atoms with Crippen molar-refractivity contribution in [3.63, 3.8) is 0 Å². The molecule has 0 atom stereocenters. The zero-order valence-electron chi connectivity index (χ0n) is 16.7. The summed E-state index contributed by atoms with van der Waals surface area (Å²) in [4.78, 5) is 27.1. The largest absolute Gasteiger partial charge is 0.345 e. The van der Waals surface area contributed by atoms with Crippen molar-refractivity contribution in [2.24, 2.45) is 7.05 Å². The smallest absolute Gasteiger partial charge is 0.337 e. The Balaban J connectivity index is 1.27. The highest BCUT2D eigenvalue weighted by Gasteiger charge is 2.34. The molecule has 0 unspecified atom stereocenters. The van der Waals surface area contributed by atoms with Crippen LogP contribution >= 0.6 is 0 Å². The normalized spacial score (nSPS) is 17.5. The first-order valence-corrected chi connectivity index (χ1v) is 10.3. The monoisotopic (exact) mass is 410 g/mol. The Bertz CT molecular complexity index is 1130. The van der Waals surface area contributed by atoms with Gasteiger partial charge in [0, 0.05) is 37.7 Å². The first-order chi connectivity index (χ1) is 14.5. The van der Waals surface area contributed by atoms with Gasteiger partial charge >= 0.3 is 5.69 Å². The van der Waals surface area contributed by atoms with Crippen LogP contribution in [0.15, 0.2) is 35.1 Å². The van der Waals surface area contributed by atoms with E-state index in [4.69, 9.17) is 0 Å². The van der Waals surface area contributed by atoms with E-state index < -0.39 is 0 Å². The number of piperidine rings is 1. The lowest BCUT2D eigenvalue weighted by atomic mass is 9.95. The van der Waals surface area contributed by atoms with E-state index in [1.54, 1.807) is 30.1 Å². The average molecular weight is 410 g/mol. The van der Waals surface area contributed by atoms with Gasteiger partial charge in [0.25, 0.3) is 5.91 Å². The van der Waals surface area contributed by atoms with Crippen molar-refractivity contribution in [1.29, 1.82) is 0 Å². The molecule has 1 saturated heterocycles. The highest BCUT2D eigenvalue weighted by atomic mass is 19.1. The molecule has 30 heavy (non-hydrogen) atoms. The van der Waals surface area contributed by atoms with Gasteiger partial charge in [0.05, 0.1) is 5.69 Å². The molecule has 0 spiro atoms. The van der Waals surface area contributed by atoms with E-state index in [1.165, 1.54) is 16.8 Å². The van der Waals surface area contributed by atoms with E-state index in [2.05, 4.69) is 15.3 Å². The molecule has 0 radical (unpaired) electrons. The minimum atomic E-state index is -0.312. The van der Waals surface area contributed by atoms with Gasteiger partial charge in [-0.15, -0.1) is 0 Å². The molecule has 5 rings (SSSR count). The lowest BCUT2D eigenvalue weighted by Crippen LogP contribution is -2.38. The minimum absolute atomic E-state index is 0.0446. The Hall–Kier alpha value is -3.23. The highest BCUT2D eigenvalue weighted by Crippen LogP contribution is 2.37. The molecule has 1 amide bonds. The van der Waals surface area contributed by atoms with Crippen LogP contribution in [0.1, 0.15) is 54.0 Å². The fourth-order valence-electron chi connectivity index (χ4n) is 4.16. The lowest BCUT2D eigenvalue weighted by Gasteiger charge is -2.31. The summed E-state index contributed by atoms with van der Waals surface area (Å²) in [6.45, 7) is 1.20. The molecule has 9 heteroatoms. The number of hydrogen-bond donors (Lipinski definition) is 1. The summed E-state index contributed by atoms with van der Waals surface area (Å²) >= 11 is 0. The predicted molar refractivity (Wildman–Crippen MR) is 108 cm³/mol. The van der Waals surface area contributed by atoms with Crippen molar-refractivity contribution in [3.8, 4) is 11.3 Å². The van der Waals surface area contributed by atoms with Gasteiger partial charge in [0.15, 0.2) is 0 Å². The van der Waals surface area contributed by atoms with Crippen LogP contribution in [0.2, 0.25) is 0 Å². The standard InChI is InChI=1S/C21H23FN6O2/c1-26-21(30)28(16-6-7-16)19(25-26)14-8-10-27(11-9-14)20(29)18-12-17(23-24-18)13-2-4-15(22)5-3-13/h2-5,12,14,16H,6-11H2,1H3,(H,23,24). The third kappa shape index (κ3) is 3.34. The van der Waals surface area contributed by atoms with Gasteiger partial charge in [-0.3, -0.25) is 14.5 Å². The second-order valence-corrected chi connectivity index (χ2v) is 8.11. The SMILES string of the molecule is Cn1nc(C2CCN(C(=O)c3cc(-c4ccc(F)cc4)n[nH]3)CC2)n(C2CC2)c1=O. The molecule has 156 valence electrons. The third-order valence-corrected chi connectivity index (χ3v) is 5.99. The second kappa shape index (κ2) is 7.23. The quantitative estimate of drug-likeness (QED) is 0.716. The van der Waals surface area contributed by atoms with Gasteiger partial charge in [-0.05, 0) is 56.0 Å². The Morgan fingerprint density at radius 2 is 1.83 bits per heavy atom. The number of halogens is 1. The number of carbonyl (C=O) groups excluding carboxylic acids is 1. The second-order valence-electron chi connectivity index (χ2n) is 8.11. The number of nitrogens with one attached hydrogen (secondary N) is 1. The number of benzene rings is 1. The van der Waals surface area contributed by atoms with Crippen molar-refractivity contribution in [3.05, 3.63) is 58.2 Å². The zero-order valence-corrected chi connectivity index (χ0v) is 16.7. The molecule has 0 bridgehead atoms. The van der Waals surface area contributed by atoms with E-state index in [0.717, 1.165) is 37.1 Å². The van der Waals surface area contributed by atoms with E-state index >= 15 is 0 Å². The molecule has 8 nitrogen and oxygen atoms in total. The fourth-order valence-corrected chi connectivity index (χ4v) is 4.16. The molecular formula is C21H23FN6O2. The topological polar surface area (TPSA) is 88.8 Å². The number of aromatic amines is 1. The van der Waals surface area contributed by atoms with Gasteiger partial charge in [0.1, 0.15) is 17.3 Å². The maximum absolute atomic E-state index is 13.1. The summed E-state index contributed by atoms with van der Waals surface area (Å²) in [5.41, 5.74) is 1.73. The molecule has 1 N–H and O–H groups in total. The maximum atomic E-state index is 13.1. The summed E-state index contributed by atoms with van der Waals surface area (Å²) in [7, 11) is 1.69. The number of carbonyl (C=O) groups is 1. The number of nitrogens with zero attached hydrogens (tertiary/aromatic N) is 5. The molecule has 3 aromatic rings.